The van der Waals surface area contributed by atoms with Crippen LogP contribution in [0.15, 0.2) is 0 Å². The fraction of sp³-hybridized carbons (Fsp3) is 0.917. The molecule has 2 heterocycles. The molecule has 0 spiro atoms. The molecule has 0 atom stereocenters. The topological polar surface area (TPSA) is 73.8 Å². The molecule has 18 heavy (non-hydrogen) atoms. The lowest BCUT2D eigenvalue weighted by Crippen LogP contribution is -2.51. The number of carbonyl (C=O) groups is 1. The Hall–Kier alpha value is -0.690. The summed E-state index contributed by atoms with van der Waals surface area (Å²) in [6.07, 6.45) is 1.20. The van der Waals surface area contributed by atoms with E-state index in [1.54, 1.807) is 0 Å². The van der Waals surface area contributed by atoms with Gasteiger partial charge in [0.1, 0.15) is 0 Å². The molecule has 0 unspecified atom stereocenters. The van der Waals surface area contributed by atoms with Crippen molar-refractivity contribution in [2.45, 2.75) is 18.4 Å². The molecule has 0 saturated carbocycles. The summed E-state index contributed by atoms with van der Waals surface area (Å²) in [6.45, 7) is 5.60. The van der Waals surface area contributed by atoms with Gasteiger partial charge < -0.3 is 20.5 Å². The monoisotopic (exact) mass is 257 g/mol. The number of hydrogen-bond donors (Lipinski definition) is 3. The van der Waals surface area contributed by atoms with E-state index in [2.05, 4.69) is 15.5 Å². The summed E-state index contributed by atoms with van der Waals surface area (Å²) in [6, 6.07) is 0. The van der Waals surface area contributed by atoms with Crippen molar-refractivity contribution in [1.82, 2.24) is 15.5 Å². The Balaban J connectivity index is 1.67. The van der Waals surface area contributed by atoms with Crippen molar-refractivity contribution in [3.05, 3.63) is 0 Å². The average Bonchev–Trinajstić information content (AvgIpc) is 2.39. The lowest BCUT2D eigenvalue weighted by atomic mass is 9.94. The molecule has 3 N–H and O–H groups in total. The number of rotatable bonds is 4. The van der Waals surface area contributed by atoms with Crippen LogP contribution in [0.2, 0.25) is 0 Å². The lowest BCUT2D eigenvalue weighted by Gasteiger charge is -2.32. The van der Waals surface area contributed by atoms with Gasteiger partial charge >= 0.3 is 0 Å². The van der Waals surface area contributed by atoms with E-state index in [1.165, 1.54) is 0 Å². The second-order valence-electron chi connectivity index (χ2n) is 5.14. The molecular weight excluding hydrogens is 234 g/mol. The van der Waals surface area contributed by atoms with Crippen molar-refractivity contribution in [3.63, 3.8) is 0 Å². The van der Waals surface area contributed by atoms with E-state index in [9.17, 15) is 9.90 Å². The maximum atomic E-state index is 11.8. The molecule has 2 aliphatic heterocycles. The highest BCUT2D eigenvalue weighted by Crippen LogP contribution is 2.19. The minimum atomic E-state index is -0.780. The van der Waals surface area contributed by atoms with E-state index >= 15 is 0 Å². The van der Waals surface area contributed by atoms with Gasteiger partial charge in [-0.05, 0) is 0 Å². The van der Waals surface area contributed by atoms with E-state index < -0.39 is 5.60 Å². The average molecular weight is 257 g/mol. The van der Waals surface area contributed by atoms with Gasteiger partial charge in [0, 0.05) is 58.8 Å². The summed E-state index contributed by atoms with van der Waals surface area (Å²) in [5, 5.41) is 16.3. The predicted molar refractivity (Wildman–Crippen MR) is 67.3 cm³/mol. The van der Waals surface area contributed by atoms with E-state index in [1.807, 2.05) is 0 Å². The molecular formula is C12H23N3O3. The molecule has 2 fully saturated rings. The first-order chi connectivity index (χ1) is 8.68. The summed E-state index contributed by atoms with van der Waals surface area (Å²) < 4.78 is 5.21. The van der Waals surface area contributed by atoms with Crippen molar-refractivity contribution >= 4 is 5.91 Å². The van der Waals surface area contributed by atoms with Crippen LogP contribution in [0.25, 0.3) is 0 Å². The molecule has 1 amide bonds. The number of amides is 1. The number of carbonyl (C=O) groups excluding carboxylic acids is 1. The number of piperazine rings is 1. The summed E-state index contributed by atoms with van der Waals surface area (Å²) in [5.74, 6) is -0.00295. The molecule has 0 bridgehead atoms. The quantitative estimate of drug-likeness (QED) is 0.574. The minimum absolute atomic E-state index is 0.00295. The van der Waals surface area contributed by atoms with Gasteiger partial charge in [-0.2, -0.15) is 0 Å². The zero-order valence-corrected chi connectivity index (χ0v) is 10.8. The zero-order chi connectivity index (χ0) is 12.8. The fourth-order valence-electron chi connectivity index (χ4n) is 2.32. The van der Waals surface area contributed by atoms with Crippen LogP contribution in [0.3, 0.4) is 0 Å². The van der Waals surface area contributed by atoms with Crippen LogP contribution in [-0.4, -0.2) is 74.0 Å². The number of hydrogen-bond acceptors (Lipinski definition) is 5. The van der Waals surface area contributed by atoms with Gasteiger partial charge in [0.05, 0.1) is 12.1 Å². The van der Waals surface area contributed by atoms with Crippen molar-refractivity contribution in [2.75, 3.05) is 52.5 Å². The van der Waals surface area contributed by atoms with E-state index in [0.29, 0.717) is 39.1 Å². The summed E-state index contributed by atoms with van der Waals surface area (Å²) in [7, 11) is 0. The number of aliphatic hydroxyl groups is 1. The second-order valence-corrected chi connectivity index (χ2v) is 5.14. The largest absolute Gasteiger partial charge is 0.388 e. The maximum Gasteiger partial charge on any atom is 0.234 e. The van der Waals surface area contributed by atoms with E-state index in [4.69, 9.17) is 4.74 Å². The molecule has 0 radical (unpaired) electrons. The fourth-order valence-corrected chi connectivity index (χ4v) is 2.32. The Bertz CT molecular complexity index is 274. The Morgan fingerprint density at radius 3 is 2.67 bits per heavy atom. The van der Waals surface area contributed by atoms with Crippen LogP contribution in [0.4, 0.5) is 0 Å². The van der Waals surface area contributed by atoms with Crippen LogP contribution < -0.4 is 10.6 Å². The second kappa shape index (κ2) is 6.47. The van der Waals surface area contributed by atoms with E-state index in [-0.39, 0.29) is 5.91 Å². The molecule has 2 aliphatic rings. The highest BCUT2D eigenvalue weighted by molar-refractivity contribution is 5.78. The Morgan fingerprint density at radius 2 is 2.00 bits per heavy atom. The molecule has 6 heteroatoms. The molecule has 104 valence electrons. The minimum Gasteiger partial charge on any atom is -0.388 e. The molecule has 0 aromatic rings. The van der Waals surface area contributed by atoms with Gasteiger partial charge in [-0.1, -0.05) is 0 Å². The van der Waals surface area contributed by atoms with Gasteiger partial charge in [-0.15, -0.1) is 0 Å². The zero-order valence-electron chi connectivity index (χ0n) is 10.8. The molecule has 2 rings (SSSR count). The van der Waals surface area contributed by atoms with E-state index in [0.717, 1.165) is 26.2 Å². The lowest BCUT2D eigenvalue weighted by molar-refractivity contribution is -0.125. The standard InChI is InChI=1S/C12H23N3O3/c16-11(9-15-5-3-13-4-6-15)14-10-12(17)1-7-18-8-2-12/h13,17H,1-10H2,(H,14,16). The van der Waals surface area contributed by atoms with Crippen LogP contribution in [-0.2, 0) is 9.53 Å². The third-order valence-corrected chi connectivity index (χ3v) is 3.61. The Labute approximate surface area is 108 Å². The highest BCUT2D eigenvalue weighted by atomic mass is 16.5. The van der Waals surface area contributed by atoms with Crippen LogP contribution in [0.5, 0.6) is 0 Å². The van der Waals surface area contributed by atoms with Gasteiger partial charge in [0.25, 0.3) is 0 Å². The first kappa shape index (κ1) is 13.7. The van der Waals surface area contributed by atoms with Crippen LogP contribution in [0, 0.1) is 0 Å². The third-order valence-electron chi connectivity index (χ3n) is 3.61. The molecule has 0 aliphatic carbocycles. The summed E-state index contributed by atoms with van der Waals surface area (Å²) in [4.78, 5) is 13.9. The SMILES string of the molecule is O=C(CN1CCNCC1)NCC1(O)CCOCC1. The first-order valence-electron chi connectivity index (χ1n) is 6.68. The number of nitrogens with zero attached hydrogens (tertiary/aromatic N) is 1. The Kier molecular flexibility index (Phi) is 4.94. The van der Waals surface area contributed by atoms with Crippen molar-refractivity contribution in [2.24, 2.45) is 0 Å². The summed E-state index contributed by atoms with van der Waals surface area (Å²) >= 11 is 0. The molecule has 2 saturated heterocycles. The smallest absolute Gasteiger partial charge is 0.234 e. The predicted octanol–water partition coefficient (Wildman–Crippen LogP) is -1.45. The molecule has 0 aromatic carbocycles. The third kappa shape index (κ3) is 4.20. The van der Waals surface area contributed by atoms with Crippen LogP contribution in [0.1, 0.15) is 12.8 Å². The molecule has 6 nitrogen and oxygen atoms in total. The normalized spacial score (nSPS) is 24.7. The maximum absolute atomic E-state index is 11.8. The van der Waals surface area contributed by atoms with Gasteiger partial charge in [0.2, 0.25) is 5.91 Å². The summed E-state index contributed by atoms with van der Waals surface area (Å²) in [5.41, 5.74) is -0.780. The van der Waals surface area contributed by atoms with Crippen LogP contribution >= 0.6 is 0 Å². The number of ether oxygens (including phenoxy) is 1. The van der Waals surface area contributed by atoms with Gasteiger partial charge in [-0.3, -0.25) is 9.69 Å². The first-order valence-corrected chi connectivity index (χ1v) is 6.68. The van der Waals surface area contributed by atoms with Crippen molar-refractivity contribution in [1.29, 1.82) is 0 Å². The van der Waals surface area contributed by atoms with Gasteiger partial charge in [0.15, 0.2) is 0 Å². The Morgan fingerprint density at radius 1 is 1.33 bits per heavy atom. The highest BCUT2D eigenvalue weighted by Gasteiger charge is 2.30. The van der Waals surface area contributed by atoms with Crippen molar-refractivity contribution < 1.29 is 14.6 Å². The molecule has 0 aromatic heterocycles. The number of nitrogens with one attached hydrogen (secondary N) is 2. The van der Waals surface area contributed by atoms with Gasteiger partial charge in [-0.25, -0.2) is 0 Å². The van der Waals surface area contributed by atoms with Crippen molar-refractivity contribution in [3.8, 4) is 0 Å².